The first-order chi connectivity index (χ1) is 8.70. The molecule has 4 nitrogen and oxygen atoms in total. The van der Waals surface area contributed by atoms with E-state index in [4.69, 9.17) is 11.6 Å². The fourth-order valence-electron chi connectivity index (χ4n) is 2.43. The second-order valence-electron chi connectivity index (χ2n) is 4.73. The highest BCUT2D eigenvalue weighted by Gasteiger charge is 2.21. The van der Waals surface area contributed by atoms with Crippen molar-refractivity contribution in [3.8, 4) is 0 Å². The molecule has 0 bridgehead atoms. The van der Waals surface area contributed by atoms with Crippen LogP contribution < -0.4 is 5.32 Å². The van der Waals surface area contributed by atoms with Crippen molar-refractivity contribution in [2.24, 2.45) is 7.05 Å². The third-order valence-corrected chi connectivity index (χ3v) is 3.53. The van der Waals surface area contributed by atoms with Crippen molar-refractivity contribution < 1.29 is 0 Å². The molecule has 0 aliphatic heterocycles. The van der Waals surface area contributed by atoms with Gasteiger partial charge in [0.1, 0.15) is 6.33 Å². The summed E-state index contributed by atoms with van der Waals surface area (Å²) in [6.07, 6.45) is 3.81. The first kappa shape index (κ1) is 11.7. The molecule has 0 amide bonds. The van der Waals surface area contributed by atoms with Gasteiger partial charge in [0.05, 0.1) is 6.54 Å². The molecule has 0 radical (unpaired) electrons. The Balaban J connectivity index is 1.61. The Labute approximate surface area is 111 Å². The molecule has 1 heterocycles. The van der Waals surface area contributed by atoms with Crippen LogP contribution in [0.5, 0.6) is 0 Å². The summed E-state index contributed by atoms with van der Waals surface area (Å²) in [6.45, 7) is 0.716. The zero-order chi connectivity index (χ0) is 12.5. The number of fused-ring (bicyclic) bond motifs is 1. The minimum atomic E-state index is 0.460. The minimum absolute atomic E-state index is 0.460. The molecule has 1 aromatic carbocycles. The summed E-state index contributed by atoms with van der Waals surface area (Å²) in [5.41, 5.74) is 2.75. The molecule has 94 valence electrons. The molecule has 1 aliphatic carbocycles. The van der Waals surface area contributed by atoms with Gasteiger partial charge in [-0.25, -0.2) is 4.98 Å². The second-order valence-corrected chi connectivity index (χ2v) is 5.17. The highest BCUT2D eigenvalue weighted by molar-refractivity contribution is 6.30. The standard InChI is InChI=1S/C13H15ClN4/c1-18-8-16-13(17-18)7-15-12-5-9-2-3-11(14)4-10(9)6-12/h2-4,8,12,15H,5-7H2,1H3. The largest absolute Gasteiger partial charge is 0.306 e. The zero-order valence-corrected chi connectivity index (χ0v) is 11.0. The summed E-state index contributed by atoms with van der Waals surface area (Å²) < 4.78 is 1.72. The fourth-order valence-corrected chi connectivity index (χ4v) is 2.63. The second kappa shape index (κ2) is 4.71. The molecule has 0 saturated heterocycles. The Morgan fingerprint density at radius 2 is 2.22 bits per heavy atom. The van der Waals surface area contributed by atoms with E-state index in [0.29, 0.717) is 12.6 Å². The predicted octanol–water partition coefficient (Wildman–Crippen LogP) is 1.73. The molecule has 1 atom stereocenters. The summed E-state index contributed by atoms with van der Waals surface area (Å²) in [5, 5.41) is 8.57. The van der Waals surface area contributed by atoms with Crippen LogP contribution in [-0.4, -0.2) is 20.8 Å². The summed E-state index contributed by atoms with van der Waals surface area (Å²) in [5.74, 6) is 0.839. The summed E-state index contributed by atoms with van der Waals surface area (Å²) in [6, 6.07) is 6.61. The van der Waals surface area contributed by atoms with Crippen LogP contribution in [0.4, 0.5) is 0 Å². The Morgan fingerprint density at radius 1 is 1.39 bits per heavy atom. The van der Waals surface area contributed by atoms with Crippen LogP contribution in [-0.2, 0) is 26.4 Å². The average molecular weight is 263 g/mol. The number of nitrogens with one attached hydrogen (secondary N) is 1. The van der Waals surface area contributed by atoms with Gasteiger partial charge in [-0.05, 0) is 36.1 Å². The third-order valence-electron chi connectivity index (χ3n) is 3.30. The number of hydrogen-bond donors (Lipinski definition) is 1. The van der Waals surface area contributed by atoms with Gasteiger partial charge in [0.25, 0.3) is 0 Å². The normalized spacial score (nSPS) is 18.0. The van der Waals surface area contributed by atoms with Crippen LogP contribution in [0.25, 0.3) is 0 Å². The number of nitrogens with zero attached hydrogens (tertiary/aromatic N) is 3. The number of halogens is 1. The Kier molecular flexibility index (Phi) is 3.06. The first-order valence-corrected chi connectivity index (χ1v) is 6.44. The van der Waals surface area contributed by atoms with Crippen molar-refractivity contribution in [2.75, 3.05) is 0 Å². The lowest BCUT2D eigenvalue weighted by Gasteiger charge is -2.09. The van der Waals surface area contributed by atoms with Crippen molar-refractivity contribution in [2.45, 2.75) is 25.4 Å². The number of rotatable bonds is 3. The molecule has 1 aliphatic rings. The molecule has 1 unspecified atom stereocenters. The number of aryl methyl sites for hydroxylation is 1. The van der Waals surface area contributed by atoms with Gasteiger partial charge in [0.2, 0.25) is 0 Å². The Hall–Kier alpha value is -1.39. The molecular formula is C13H15ClN4. The molecule has 1 aromatic heterocycles. The van der Waals surface area contributed by atoms with Crippen molar-refractivity contribution in [1.82, 2.24) is 20.1 Å². The smallest absolute Gasteiger partial charge is 0.164 e. The van der Waals surface area contributed by atoms with Gasteiger partial charge in [0, 0.05) is 18.1 Å². The Bertz CT molecular complexity index is 564. The molecule has 18 heavy (non-hydrogen) atoms. The maximum absolute atomic E-state index is 6.00. The van der Waals surface area contributed by atoms with E-state index in [-0.39, 0.29) is 0 Å². The van der Waals surface area contributed by atoms with Crippen LogP contribution in [0.2, 0.25) is 5.02 Å². The maximum atomic E-state index is 6.00. The number of benzene rings is 1. The van der Waals surface area contributed by atoms with Gasteiger partial charge < -0.3 is 5.32 Å². The number of aromatic nitrogens is 3. The van der Waals surface area contributed by atoms with Crippen LogP contribution in [0.15, 0.2) is 24.5 Å². The van der Waals surface area contributed by atoms with Gasteiger partial charge in [0.15, 0.2) is 5.82 Å². The highest BCUT2D eigenvalue weighted by atomic mass is 35.5. The van der Waals surface area contributed by atoms with Crippen LogP contribution in [0, 0.1) is 0 Å². The van der Waals surface area contributed by atoms with Gasteiger partial charge in [-0.1, -0.05) is 17.7 Å². The quantitative estimate of drug-likeness (QED) is 0.916. The molecule has 0 spiro atoms. The summed E-state index contributed by atoms with van der Waals surface area (Å²) in [7, 11) is 1.88. The van der Waals surface area contributed by atoms with Crippen molar-refractivity contribution in [1.29, 1.82) is 0 Å². The molecule has 3 rings (SSSR count). The predicted molar refractivity (Wildman–Crippen MR) is 70.5 cm³/mol. The van der Waals surface area contributed by atoms with Crippen molar-refractivity contribution >= 4 is 11.6 Å². The van der Waals surface area contributed by atoms with E-state index in [9.17, 15) is 0 Å². The molecule has 1 N–H and O–H groups in total. The molecule has 2 aromatic rings. The van der Waals surface area contributed by atoms with Crippen LogP contribution in [0.1, 0.15) is 17.0 Å². The van der Waals surface area contributed by atoms with E-state index < -0.39 is 0 Å². The fraction of sp³-hybridized carbons (Fsp3) is 0.385. The lowest BCUT2D eigenvalue weighted by atomic mass is 10.1. The zero-order valence-electron chi connectivity index (χ0n) is 10.2. The summed E-state index contributed by atoms with van der Waals surface area (Å²) in [4.78, 5) is 4.21. The van der Waals surface area contributed by atoms with Gasteiger partial charge in [-0.15, -0.1) is 0 Å². The molecule has 0 saturated carbocycles. The van der Waals surface area contributed by atoms with Crippen LogP contribution in [0.3, 0.4) is 0 Å². The molecule has 5 heteroatoms. The SMILES string of the molecule is Cn1cnc(CNC2Cc3ccc(Cl)cc3C2)n1. The molecular weight excluding hydrogens is 248 g/mol. The summed E-state index contributed by atoms with van der Waals surface area (Å²) >= 11 is 6.00. The van der Waals surface area contributed by atoms with Crippen molar-refractivity contribution in [3.63, 3.8) is 0 Å². The molecule has 0 fully saturated rings. The monoisotopic (exact) mass is 262 g/mol. The van der Waals surface area contributed by atoms with E-state index in [1.807, 2.05) is 13.1 Å². The average Bonchev–Trinajstić information content (AvgIpc) is 2.92. The topological polar surface area (TPSA) is 42.7 Å². The minimum Gasteiger partial charge on any atom is -0.306 e. The van der Waals surface area contributed by atoms with E-state index in [2.05, 4.69) is 27.5 Å². The Morgan fingerprint density at radius 3 is 3.00 bits per heavy atom. The lowest BCUT2D eigenvalue weighted by Crippen LogP contribution is -2.29. The van der Waals surface area contributed by atoms with E-state index in [0.717, 1.165) is 23.7 Å². The van der Waals surface area contributed by atoms with Crippen LogP contribution >= 0.6 is 11.6 Å². The first-order valence-electron chi connectivity index (χ1n) is 6.06. The highest BCUT2D eigenvalue weighted by Crippen LogP contribution is 2.25. The van der Waals surface area contributed by atoms with E-state index in [1.54, 1.807) is 11.0 Å². The van der Waals surface area contributed by atoms with Gasteiger partial charge >= 0.3 is 0 Å². The van der Waals surface area contributed by atoms with E-state index >= 15 is 0 Å². The number of hydrogen-bond acceptors (Lipinski definition) is 3. The lowest BCUT2D eigenvalue weighted by molar-refractivity contribution is 0.520. The third kappa shape index (κ3) is 2.40. The van der Waals surface area contributed by atoms with E-state index in [1.165, 1.54) is 11.1 Å². The van der Waals surface area contributed by atoms with Crippen molar-refractivity contribution in [3.05, 3.63) is 46.5 Å². The maximum Gasteiger partial charge on any atom is 0.164 e. The van der Waals surface area contributed by atoms with Gasteiger partial charge in [-0.3, -0.25) is 4.68 Å². The van der Waals surface area contributed by atoms with Gasteiger partial charge in [-0.2, -0.15) is 5.10 Å².